The Kier molecular flexibility index (Phi) is 4.04. The van der Waals surface area contributed by atoms with E-state index >= 15 is 0 Å². The predicted octanol–water partition coefficient (Wildman–Crippen LogP) is 3.22. The molecule has 1 fully saturated rings. The molecule has 0 amide bonds. The van der Waals surface area contributed by atoms with E-state index in [4.69, 9.17) is 18.0 Å². The minimum Gasteiger partial charge on any atom is -0.389 e. The van der Waals surface area contributed by atoms with Gasteiger partial charge in [0.15, 0.2) is 0 Å². The Morgan fingerprint density at radius 1 is 1.37 bits per heavy atom. The number of thiocarbonyl (C=S) groups is 1. The third-order valence-electron chi connectivity index (χ3n) is 3.36. The fraction of sp³-hybridized carbons (Fsp3) is 0.500. The Morgan fingerprint density at radius 3 is 2.26 bits per heavy atom. The maximum Gasteiger partial charge on any atom is 0.150 e. The first-order valence-corrected chi connectivity index (χ1v) is 6.86. The van der Waals surface area contributed by atoms with Gasteiger partial charge >= 0.3 is 0 Å². The fourth-order valence-corrected chi connectivity index (χ4v) is 2.24. The molecule has 1 aliphatic rings. The molecule has 0 radical (unpaired) electrons. The SMILES string of the molecule is CC(C)N(CC1CC1)c1c(F)cc(C(N)=S)cc1F. The molecular weight excluding hydrogens is 266 g/mol. The van der Waals surface area contributed by atoms with Crippen LogP contribution in [0, 0.1) is 17.6 Å². The molecule has 1 aromatic rings. The first-order valence-electron chi connectivity index (χ1n) is 6.45. The molecule has 1 aliphatic carbocycles. The van der Waals surface area contributed by atoms with E-state index in [1.165, 1.54) is 12.1 Å². The van der Waals surface area contributed by atoms with Crippen LogP contribution < -0.4 is 10.6 Å². The van der Waals surface area contributed by atoms with Gasteiger partial charge in [0.05, 0.1) is 0 Å². The van der Waals surface area contributed by atoms with Crippen LogP contribution in [0.15, 0.2) is 12.1 Å². The van der Waals surface area contributed by atoms with Gasteiger partial charge in [0.25, 0.3) is 0 Å². The summed E-state index contributed by atoms with van der Waals surface area (Å²) in [5.41, 5.74) is 5.67. The molecule has 2 rings (SSSR count). The lowest BCUT2D eigenvalue weighted by atomic mass is 10.1. The largest absolute Gasteiger partial charge is 0.389 e. The Balaban J connectivity index is 2.38. The van der Waals surface area contributed by atoms with Gasteiger partial charge in [0.1, 0.15) is 22.3 Å². The maximum atomic E-state index is 14.2. The van der Waals surface area contributed by atoms with E-state index in [0.717, 1.165) is 12.8 Å². The second kappa shape index (κ2) is 5.41. The van der Waals surface area contributed by atoms with Crippen LogP contribution in [-0.4, -0.2) is 17.6 Å². The third kappa shape index (κ3) is 3.21. The highest BCUT2D eigenvalue weighted by atomic mass is 32.1. The molecule has 0 atom stereocenters. The van der Waals surface area contributed by atoms with Gasteiger partial charge < -0.3 is 10.6 Å². The van der Waals surface area contributed by atoms with Crippen LogP contribution in [-0.2, 0) is 0 Å². The van der Waals surface area contributed by atoms with E-state index in [0.29, 0.717) is 12.5 Å². The molecule has 0 bridgehead atoms. The zero-order valence-electron chi connectivity index (χ0n) is 11.1. The second-order valence-electron chi connectivity index (χ2n) is 5.34. The van der Waals surface area contributed by atoms with E-state index in [2.05, 4.69) is 0 Å². The quantitative estimate of drug-likeness (QED) is 0.842. The van der Waals surface area contributed by atoms with Crippen molar-refractivity contribution in [2.75, 3.05) is 11.4 Å². The van der Waals surface area contributed by atoms with Crippen molar-refractivity contribution in [3.8, 4) is 0 Å². The summed E-state index contributed by atoms with van der Waals surface area (Å²) in [5.74, 6) is -0.647. The summed E-state index contributed by atoms with van der Waals surface area (Å²) in [5, 5.41) is 0. The smallest absolute Gasteiger partial charge is 0.150 e. The summed E-state index contributed by atoms with van der Waals surface area (Å²) < 4.78 is 28.3. The monoisotopic (exact) mass is 284 g/mol. The molecule has 19 heavy (non-hydrogen) atoms. The zero-order chi connectivity index (χ0) is 14.2. The molecule has 2 nitrogen and oxygen atoms in total. The minimum absolute atomic E-state index is 0.00244. The van der Waals surface area contributed by atoms with Crippen molar-refractivity contribution in [1.82, 2.24) is 0 Å². The van der Waals surface area contributed by atoms with Crippen molar-refractivity contribution < 1.29 is 8.78 Å². The first kappa shape index (κ1) is 14.2. The van der Waals surface area contributed by atoms with Gasteiger partial charge in [-0.1, -0.05) is 12.2 Å². The highest BCUT2D eigenvalue weighted by Gasteiger charge is 2.28. The number of hydrogen-bond donors (Lipinski definition) is 1. The van der Waals surface area contributed by atoms with Gasteiger partial charge in [-0.05, 0) is 44.7 Å². The lowest BCUT2D eigenvalue weighted by Crippen LogP contribution is -2.34. The van der Waals surface area contributed by atoms with Crippen LogP contribution in [0.5, 0.6) is 0 Å². The molecule has 5 heteroatoms. The molecule has 0 aliphatic heterocycles. The first-order chi connectivity index (χ1) is 8.90. The summed E-state index contributed by atoms with van der Waals surface area (Å²) in [6, 6.07) is 2.46. The molecule has 0 spiro atoms. The predicted molar refractivity (Wildman–Crippen MR) is 77.5 cm³/mol. The lowest BCUT2D eigenvalue weighted by Gasteiger charge is -2.30. The van der Waals surface area contributed by atoms with Crippen LogP contribution in [0.3, 0.4) is 0 Å². The van der Waals surface area contributed by atoms with Crippen molar-refractivity contribution >= 4 is 22.9 Å². The van der Waals surface area contributed by atoms with Crippen LogP contribution in [0.2, 0.25) is 0 Å². The summed E-state index contributed by atoms with van der Waals surface area (Å²) in [6.07, 6.45) is 2.27. The van der Waals surface area contributed by atoms with Crippen LogP contribution in [0.25, 0.3) is 0 Å². The van der Waals surface area contributed by atoms with Gasteiger partial charge in [0.2, 0.25) is 0 Å². The molecule has 0 saturated heterocycles. The van der Waals surface area contributed by atoms with Gasteiger partial charge in [-0.25, -0.2) is 8.78 Å². The summed E-state index contributed by atoms with van der Waals surface area (Å²) >= 11 is 4.75. The number of halogens is 2. The summed E-state index contributed by atoms with van der Waals surface area (Å²) in [4.78, 5) is 1.79. The van der Waals surface area contributed by atoms with Crippen molar-refractivity contribution in [3.63, 3.8) is 0 Å². The molecule has 1 saturated carbocycles. The molecule has 0 heterocycles. The Morgan fingerprint density at radius 2 is 1.89 bits per heavy atom. The molecule has 2 N–H and O–H groups in total. The van der Waals surface area contributed by atoms with Crippen molar-refractivity contribution in [2.24, 2.45) is 11.7 Å². The van der Waals surface area contributed by atoms with Gasteiger partial charge in [-0.15, -0.1) is 0 Å². The topological polar surface area (TPSA) is 29.3 Å². The average molecular weight is 284 g/mol. The summed E-state index contributed by atoms with van der Waals surface area (Å²) in [6.45, 7) is 4.56. The number of nitrogens with zero attached hydrogens (tertiary/aromatic N) is 1. The fourth-order valence-electron chi connectivity index (χ4n) is 2.12. The van der Waals surface area contributed by atoms with Crippen molar-refractivity contribution in [2.45, 2.75) is 32.7 Å². The normalized spacial score (nSPS) is 14.8. The number of benzene rings is 1. The minimum atomic E-state index is -0.600. The van der Waals surface area contributed by atoms with Crippen molar-refractivity contribution in [3.05, 3.63) is 29.3 Å². The number of rotatable bonds is 5. The van der Waals surface area contributed by atoms with Gasteiger partial charge in [0, 0.05) is 18.2 Å². The van der Waals surface area contributed by atoms with E-state index in [1.54, 1.807) is 4.90 Å². The molecule has 0 aromatic heterocycles. The molecular formula is C14H18F2N2S. The second-order valence-corrected chi connectivity index (χ2v) is 5.78. The van der Waals surface area contributed by atoms with Gasteiger partial charge in [-0.3, -0.25) is 0 Å². The highest BCUT2D eigenvalue weighted by Crippen LogP contribution is 2.34. The maximum absolute atomic E-state index is 14.2. The summed E-state index contributed by atoms with van der Waals surface area (Å²) in [7, 11) is 0. The van der Waals surface area contributed by atoms with E-state index in [1.807, 2.05) is 13.8 Å². The number of nitrogens with two attached hydrogens (primary N) is 1. The lowest BCUT2D eigenvalue weighted by molar-refractivity contribution is 0.547. The Labute approximate surface area is 117 Å². The van der Waals surface area contributed by atoms with E-state index in [-0.39, 0.29) is 22.3 Å². The molecule has 0 unspecified atom stereocenters. The van der Waals surface area contributed by atoms with Crippen molar-refractivity contribution in [1.29, 1.82) is 0 Å². The molecule has 104 valence electrons. The van der Waals surface area contributed by atoms with Crippen LogP contribution in [0.4, 0.5) is 14.5 Å². The Bertz CT molecular complexity index is 475. The average Bonchev–Trinajstić information content (AvgIpc) is 3.10. The van der Waals surface area contributed by atoms with Gasteiger partial charge in [-0.2, -0.15) is 0 Å². The molecule has 1 aromatic carbocycles. The number of hydrogen-bond acceptors (Lipinski definition) is 2. The van der Waals surface area contributed by atoms with Crippen LogP contribution >= 0.6 is 12.2 Å². The third-order valence-corrected chi connectivity index (χ3v) is 3.60. The number of anilines is 1. The highest BCUT2D eigenvalue weighted by molar-refractivity contribution is 7.80. The Hall–Kier alpha value is -1.23. The van der Waals surface area contributed by atoms with Crippen LogP contribution in [0.1, 0.15) is 32.3 Å². The zero-order valence-corrected chi connectivity index (χ0v) is 11.9. The standard InChI is InChI=1S/C14H18F2N2S/c1-8(2)18(7-9-3-4-9)13-11(15)5-10(14(17)19)6-12(13)16/h5-6,8-9H,3-4,7H2,1-2H3,(H2,17,19). The van der Waals surface area contributed by atoms with E-state index in [9.17, 15) is 8.78 Å². The van der Waals surface area contributed by atoms with E-state index < -0.39 is 11.6 Å².